The molecule has 28 heavy (non-hydrogen) atoms. The molecule has 0 fully saturated rings. The lowest BCUT2D eigenvalue weighted by molar-refractivity contribution is -0.123. The molecule has 0 atom stereocenters. The highest BCUT2D eigenvalue weighted by molar-refractivity contribution is 6.04. The van der Waals surface area contributed by atoms with Crippen LogP contribution in [0.3, 0.4) is 0 Å². The van der Waals surface area contributed by atoms with Crippen LogP contribution in [-0.4, -0.2) is 25.9 Å². The summed E-state index contributed by atoms with van der Waals surface area (Å²) in [5.74, 6) is -0.0562. The van der Waals surface area contributed by atoms with Crippen molar-refractivity contribution in [3.05, 3.63) is 67.0 Å². The van der Waals surface area contributed by atoms with Crippen molar-refractivity contribution in [1.29, 1.82) is 0 Å². The van der Waals surface area contributed by atoms with Crippen LogP contribution in [0.25, 0.3) is 27.8 Å². The largest absolute Gasteiger partial charge is 0.324 e. The number of hydrogen-bond donors (Lipinski definition) is 1. The Balaban J connectivity index is 1.77. The molecule has 0 aliphatic carbocycles. The van der Waals surface area contributed by atoms with Crippen LogP contribution in [0.2, 0.25) is 0 Å². The van der Waals surface area contributed by atoms with Crippen LogP contribution in [0.15, 0.2) is 67.0 Å². The van der Waals surface area contributed by atoms with Crippen molar-refractivity contribution >= 4 is 22.5 Å². The van der Waals surface area contributed by atoms with E-state index in [1.54, 1.807) is 10.9 Å². The second-order valence-corrected chi connectivity index (χ2v) is 7.65. The molecule has 6 nitrogen and oxygen atoms in total. The molecule has 2 aromatic heterocycles. The summed E-state index contributed by atoms with van der Waals surface area (Å²) >= 11 is 0. The molecule has 0 bridgehead atoms. The summed E-state index contributed by atoms with van der Waals surface area (Å²) in [6, 6.07) is 17.5. The van der Waals surface area contributed by atoms with E-state index >= 15 is 0 Å². The van der Waals surface area contributed by atoms with Crippen LogP contribution in [0.1, 0.15) is 20.8 Å². The molecule has 4 rings (SSSR count). The third kappa shape index (κ3) is 3.36. The second-order valence-electron chi connectivity index (χ2n) is 7.65. The maximum atomic E-state index is 12.4. The van der Waals surface area contributed by atoms with E-state index in [0.29, 0.717) is 5.69 Å². The Kier molecular flexibility index (Phi) is 4.39. The lowest BCUT2D eigenvalue weighted by Crippen LogP contribution is -2.27. The van der Waals surface area contributed by atoms with Gasteiger partial charge in [-0.15, -0.1) is 5.10 Å². The maximum absolute atomic E-state index is 12.4. The van der Waals surface area contributed by atoms with E-state index in [1.807, 2.05) is 81.6 Å². The minimum absolute atomic E-state index is 0.0562. The lowest BCUT2D eigenvalue weighted by Gasteiger charge is -2.19. The van der Waals surface area contributed by atoms with Crippen molar-refractivity contribution in [2.24, 2.45) is 5.41 Å². The van der Waals surface area contributed by atoms with Gasteiger partial charge < -0.3 is 5.32 Å². The van der Waals surface area contributed by atoms with Crippen molar-refractivity contribution < 1.29 is 4.79 Å². The summed E-state index contributed by atoms with van der Waals surface area (Å²) in [4.78, 5) is 16.9. The van der Waals surface area contributed by atoms with Gasteiger partial charge in [0.1, 0.15) is 5.69 Å². The van der Waals surface area contributed by atoms with Crippen molar-refractivity contribution in [1.82, 2.24) is 20.0 Å². The van der Waals surface area contributed by atoms with Crippen molar-refractivity contribution in [3.8, 4) is 16.9 Å². The van der Waals surface area contributed by atoms with Gasteiger partial charge in [0.25, 0.3) is 0 Å². The molecule has 1 amide bonds. The van der Waals surface area contributed by atoms with Crippen LogP contribution in [-0.2, 0) is 4.79 Å². The highest BCUT2D eigenvalue weighted by atomic mass is 16.2. The number of benzene rings is 2. The molecule has 0 saturated heterocycles. The van der Waals surface area contributed by atoms with E-state index in [1.165, 1.54) is 0 Å². The number of nitrogens with one attached hydrogen (secondary N) is 1. The molecule has 0 radical (unpaired) electrons. The van der Waals surface area contributed by atoms with E-state index in [9.17, 15) is 4.79 Å². The number of amides is 1. The normalized spacial score (nSPS) is 11.5. The number of rotatable bonds is 3. The standard InChI is InChI=1S/C22H21N5O/c1-22(2,3)21(28)24-17-11-12-19(16-10-7-13-23-20(16)17)27-14-18(25-26-27)15-8-5-4-6-9-15/h4-14H,1-3H3,(H,24,28). The number of carbonyl (C=O) groups is 1. The Hall–Kier alpha value is -3.54. The highest BCUT2D eigenvalue weighted by Gasteiger charge is 2.22. The van der Waals surface area contributed by atoms with Crippen LogP contribution >= 0.6 is 0 Å². The number of carbonyl (C=O) groups excluding carboxylic acids is 1. The van der Waals surface area contributed by atoms with E-state index in [0.717, 1.165) is 27.8 Å². The van der Waals surface area contributed by atoms with E-state index < -0.39 is 5.41 Å². The molecular weight excluding hydrogens is 350 g/mol. The van der Waals surface area contributed by atoms with Gasteiger partial charge >= 0.3 is 0 Å². The van der Waals surface area contributed by atoms with Gasteiger partial charge in [-0.2, -0.15) is 0 Å². The first-order valence-corrected chi connectivity index (χ1v) is 9.11. The molecule has 0 aliphatic rings. The second kappa shape index (κ2) is 6.88. The molecule has 0 aliphatic heterocycles. The van der Waals surface area contributed by atoms with E-state index in [4.69, 9.17) is 0 Å². The van der Waals surface area contributed by atoms with Gasteiger partial charge in [0.15, 0.2) is 0 Å². The molecule has 2 aromatic carbocycles. The van der Waals surface area contributed by atoms with Crippen LogP contribution in [0, 0.1) is 5.41 Å². The van der Waals surface area contributed by atoms with Gasteiger partial charge in [-0.25, -0.2) is 4.68 Å². The third-order valence-corrected chi connectivity index (χ3v) is 4.49. The minimum Gasteiger partial charge on any atom is -0.324 e. The predicted octanol–water partition coefficient (Wildman–Crippen LogP) is 4.47. The smallest absolute Gasteiger partial charge is 0.229 e. The topological polar surface area (TPSA) is 72.7 Å². The zero-order chi connectivity index (χ0) is 19.7. The zero-order valence-corrected chi connectivity index (χ0v) is 16.0. The van der Waals surface area contributed by atoms with Crippen LogP contribution in [0.4, 0.5) is 5.69 Å². The zero-order valence-electron chi connectivity index (χ0n) is 16.0. The molecule has 6 heteroatoms. The first-order chi connectivity index (χ1) is 13.4. The Bertz CT molecular complexity index is 1140. The van der Waals surface area contributed by atoms with Gasteiger partial charge in [0.2, 0.25) is 5.91 Å². The molecule has 1 N–H and O–H groups in total. The number of hydrogen-bond acceptors (Lipinski definition) is 4. The lowest BCUT2D eigenvalue weighted by atomic mass is 9.95. The average Bonchev–Trinajstić information content (AvgIpc) is 3.18. The fraction of sp³-hybridized carbons (Fsp3) is 0.182. The molecule has 140 valence electrons. The van der Waals surface area contributed by atoms with Gasteiger partial charge in [-0.3, -0.25) is 9.78 Å². The summed E-state index contributed by atoms with van der Waals surface area (Å²) in [6.45, 7) is 5.65. The third-order valence-electron chi connectivity index (χ3n) is 4.49. The Labute approximate surface area is 163 Å². The summed E-state index contributed by atoms with van der Waals surface area (Å²) in [7, 11) is 0. The molecule has 0 saturated carbocycles. The van der Waals surface area contributed by atoms with Gasteiger partial charge in [0.05, 0.1) is 23.1 Å². The summed E-state index contributed by atoms with van der Waals surface area (Å²) in [5.41, 5.74) is 3.56. The maximum Gasteiger partial charge on any atom is 0.229 e. The first-order valence-electron chi connectivity index (χ1n) is 9.11. The number of nitrogens with zero attached hydrogens (tertiary/aromatic N) is 4. The average molecular weight is 371 g/mol. The van der Waals surface area contributed by atoms with Gasteiger partial charge in [0, 0.05) is 22.6 Å². The van der Waals surface area contributed by atoms with Crippen molar-refractivity contribution in [2.45, 2.75) is 20.8 Å². The quantitative estimate of drug-likeness (QED) is 0.577. The highest BCUT2D eigenvalue weighted by Crippen LogP contribution is 2.29. The van der Waals surface area contributed by atoms with Crippen molar-refractivity contribution in [3.63, 3.8) is 0 Å². The van der Waals surface area contributed by atoms with E-state index in [2.05, 4.69) is 20.6 Å². The SMILES string of the molecule is CC(C)(C)C(=O)Nc1ccc(-n2cc(-c3ccccc3)nn2)c2cccnc12. The van der Waals surface area contributed by atoms with Gasteiger partial charge in [-0.05, 0) is 24.3 Å². The van der Waals surface area contributed by atoms with E-state index in [-0.39, 0.29) is 5.91 Å². The molecule has 0 spiro atoms. The monoisotopic (exact) mass is 371 g/mol. The molecule has 2 heterocycles. The van der Waals surface area contributed by atoms with Crippen LogP contribution < -0.4 is 5.32 Å². The Morgan fingerprint density at radius 3 is 2.54 bits per heavy atom. The minimum atomic E-state index is -0.490. The molecular formula is C22H21N5O. The molecule has 4 aromatic rings. The van der Waals surface area contributed by atoms with Gasteiger partial charge in [-0.1, -0.05) is 56.3 Å². The Morgan fingerprint density at radius 2 is 1.79 bits per heavy atom. The molecule has 0 unspecified atom stereocenters. The fourth-order valence-corrected chi connectivity index (χ4v) is 2.89. The van der Waals surface area contributed by atoms with Crippen molar-refractivity contribution in [2.75, 3.05) is 5.32 Å². The number of pyridine rings is 1. The predicted molar refractivity (Wildman–Crippen MR) is 110 cm³/mol. The Morgan fingerprint density at radius 1 is 1.00 bits per heavy atom. The number of fused-ring (bicyclic) bond motifs is 1. The number of aromatic nitrogens is 4. The summed E-state index contributed by atoms with van der Waals surface area (Å²) in [6.07, 6.45) is 3.61. The number of anilines is 1. The summed E-state index contributed by atoms with van der Waals surface area (Å²) in [5, 5.41) is 12.5. The first kappa shape index (κ1) is 17.9. The summed E-state index contributed by atoms with van der Waals surface area (Å²) < 4.78 is 1.74. The van der Waals surface area contributed by atoms with Crippen LogP contribution in [0.5, 0.6) is 0 Å². The fourth-order valence-electron chi connectivity index (χ4n) is 2.89.